The largest absolute Gasteiger partial charge is 0.348 e. The molecule has 3 nitrogen and oxygen atoms in total. The van der Waals surface area contributed by atoms with E-state index in [0.717, 1.165) is 47.6 Å². The molecule has 2 aliphatic rings. The van der Waals surface area contributed by atoms with E-state index in [0.29, 0.717) is 12.2 Å². The van der Waals surface area contributed by atoms with Gasteiger partial charge in [0.2, 0.25) is 0 Å². The smallest absolute Gasteiger partial charge is 0.186 e. The summed E-state index contributed by atoms with van der Waals surface area (Å²) in [5.41, 5.74) is 1.06. The third-order valence-corrected chi connectivity index (χ3v) is 5.24. The molecule has 1 unspecified atom stereocenters. The van der Waals surface area contributed by atoms with Gasteiger partial charge in [-0.2, -0.15) is 0 Å². The van der Waals surface area contributed by atoms with Crippen molar-refractivity contribution in [3.63, 3.8) is 0 Å². The molecule has 0 radical (unpaired) electrons. The molecular formula is C14H20N2OS. The number of aromatic nitrogens is 1. The Balaban J connectivity index is 1.82. The minimum Gasteiger partial charge on any atom is -0.348 e. The number of ketones is 1. The molecule has 0 saturated carbocycles. The molecule has 0 N–H and O–H groups in total. The van der Waals surface area contributed by atoms with Crippen LogP contribution in [-0.4, -0.2) is 23.9 Å². The highest BCUT2D eigenvalue weighted by Gasteiger charge is 2.25. The van der Waals surface area contributed by atoms with Crippen molar-refractivity contribution in [2.75, 3.05) is 18.0 Å². The third-order valence-electron chi connectivity index (χ3n) is 4.04. The zero-order chi connectivity index (χ0) is 12.5. The van der Waals surface area contributed by atoms with Crippen molar-refractivity contribution in [1.29, 1.82) is 0 Å². The molecule has 1 atom stereocenters. The fourth-order valence-corrected chi connectivity index (χ4v) is 3.98. The van der Waals surface area contributed by atoms with Gasteiger partial charge in [-0.3, -0.25) is 4.79 Å². The molecule has 4 heteroatoms. The minimum absolute atomic E-state index is 0.309. The summed E-state index contributed by atoms with van der Waals surface area (Å²) in [4.78, 5) is 19.9. The highest BCUT2D eigenvalue weighted by atomic mass is 32.1. The van der Waals surface area contributed by atoms with E-state index in [1.54, 1.807) is 11.3 Å². The molecule has 98 valence electrons. The maximum absolute atomic E-state index is 11.9. The van der Waals surface area contributed by atoms with Crippen LogP contribution >= 0.6 is 11.3 Å². The maximum atomic E-state index is 11.9. The number of carbonyl (C=O) groups excluding carboxylic acids is 1. The first-order valence-electron chi connectivity index (χ1n) is 7.02. The Hall–Kier alpha value is -0.900. The molecule has 1 aliphatic carbocycles. The summed E-state index contributed by atoms with van der Waals surface area (Å²) in [6.07, 6.45) is 6.50. The first kappa shape index (κ1) is 12.2. The van der Waals surface area contributed by atoms with Gasteiger partial charge in [0.1, 0.15) is 0 Å². The molecule has 18 heavy (non-hydrogen) atoms. The van der Waals surface area contributed by atoms with Crippen LogP contribution in [0, 0.1) is 5.92 Å². The fraction of sp³-hybridized carbons (Fsp3) is 0.714. The fourth-order valence-electron chi connectivity index (χ4n) is 2.85. The Morgan fingerprint density at radius 3 is 2.94 bits per heavy atom. The van der Waals surface area contributed by atoms with Gasteiger partial charge in [-0.25, -0.2) is 4.98 Å². The zero-order valence-corrected chi connectivity index (χ0v) is 11.8. The van der Waals surface area contributed by atoms with Crippen LogP contribution in [0.2, 0.25) is 0 Å². The van der Waals surface area contributed by atoms with Crippen molar-refractivity contribution >= 4 is 22.3 Å². The number of Topliss-reactive ketones (excluding diaryl/α,β-unsaturated/α-hetero) is 1. The normalized spacial score (nSPS) is 24.8. The molecule has 0 aromatic carbocycles. The lowest BCUT2D eigenvalue weighted by molar-refractivity contribution is 0.0976. The number of fused-ring (bicyclic) bond motifs is 1. The maximum Gasteiger partial charge on any atom is 0.186 e. The van der Waals surface area contributed by atoms with E-state index in [4.69, 9.17) is 4.98 Å². The van der Waals surface area contributed by atoms with Crippen LogP contribution in [0.15, 0.2) is 0 Å². The number of rotatable bonds is 1. The van der Waals surface area contributed by atoms with Gasteiger partial charge in [0.05, 0.1) is 10.6 Å². The summed E-state index contributed by atoms with van der Waals surface area (Å²) in [6.45, 7) is 4.53. The molecule has 0 spiro atoms. The molecule has 0 amide bonds. The molecule has 3 rings (SSSR count). The SMILES string of the molecule is CC1CCCN(c2nc3c(s2)C(=O)CCC3)CC1. The Labute approximate surface area is 112 Å². The highest BCUT2D eigenvalue weighted by Crippen LogP contribution is 2.33. The van der Waals surface area contributed by atoms with Crippen molar-refractivity contribution in [1.82, 2.24) is 4.98 Å². The predicted octanol–water partition coefficient (Wildman–Crippen LogP) is 3.29. The number of hydrogen-bond donors (Lipinski definition) is 0. The Morgan fingerprint density at radius 1 is 1.22 bits per heavy atom. The number of anilines is 1. The monoisotopic (exact) mass is 264 g/mol. The average Bonchev–Trinajstić information content (AvgIpc) is 2.67. The van der Waals surface area contributed by atoms with E-state index in [-0.39, 0.29) is 0 Å². The average molecular weight is 264 g/mol. The summed E-state index contributed by atoms with van der Waals surface area (Å²) in [6, 6.07) is 0. The molecule has 1 saturated heterocycles. The van der Waals surface area contributed by atoms with Crippen molar-refractivity contribution < 1.29 is 4.79 Å². The van der Waals surface area contributed by atoms with E-state index >= 15 is 0 Å². The van der Waals surface area contributed by atoms with E-state index < -0.39 is 0 Å². The number of aryl methyl sites for hydroxylation is 1. The van der Waals surface area contributed by atoms with Gasteiger partial charge >= 0.3 is 0 Å². The number of nitrogens with zero attached hydrogens (tertiary/aromatic N) is 2. The van der Waals surface area contributed by atoms with E-state index in [9.17, 15) is 4.79 Å². The topological polar surface area (TPSA) is 33.2 Å². The van der Waals surface area contributed by atoms with Gasteiger partial charge in [-0.05, 0) is 38.0 Å². The van der Waals surface area contributed by atoms with Gasteiger partial charge in [0.15, 0.2) is 10.9 Å². The summed E-state index contributed by atoms with van der Waals surface area (Å²) >= 11 is 1.63. The summed E-state index contributed by atoms with van der Waals surface area (Å²) in [5.74, 6) is 1.13. The van der Waals surface area contributed by atoms with Crippen LogP contribution in [0.4, 0.5) is 5.13 Å². The quantitative estimate of drug-likeness (QED) is 0.780. The molecule has 1 aliphatic heterocycles. The Morgan fingerprint density at radius 2 is 2.11 bits per heavy atom. The number of hydrogen-bond acceptors (Lipinski definition) is 4. The van der Waals surface area contributed by atoms with E-state index in [1.165, 1.54) is 19.3 Å². The van der Waals surface area contributed by atoms with Crippen molar-refractivity contribution in [2.45, 2.75) is 45.4 Å². The standard InChI is InChI=1S/C14H20N2OS/c1-10-4-3-8-16(9-7-10)14-15-11-5-2-6-12(17)13(11)18-14/h10H,2-9H2,1H3. The lowest BCUT2D eigenvalue weighted by Gasteiger charge is -2.18. The van der Waals surface area contributed by atoms with E-state index in [1.807, 2.05) is 0 Å². The first-order chi connectivity index (χ1) is 8.74. The van der Waals surface area contributed by atoms with Crippen LogP contribution < -0.4 is 4.90 Å². The van der Waals surface area contributed by atoms with Gasteiger partial charge in [-0.1, -0.05) is 18.3 Å². The molecule has 1 aromatic heterocycles. The van der Waals surface area contributed by atoms with Crippen molar-refractivity contribution in [2.24, 2.45) is 5.92 Å². The number of thiazole rings is 1. The molecule has 0 bridgehead atoms. The second kappa shape index (κ2) is 5.00. The lowest BCUT2D eigenvalue weighted by atomic mass is 10.0. The Kier molecular flexibility index (Phi) is 3.37. The van der Waals surface area contributed by atoms with Gasteiger partial charge in [0.25, 0.3) is 0 Å². The third kappa shape index (κ3) is 2.30. The zero-order valence-electron chi connectivity index (χ0n) is 10.9. The lowest BCUT2D eigenvalue weighted by Crippen LogP contribution is -2.23. The molecule has 1 aromatic rings. The van der Waals surface area contributed by atoms with Crippen molar-refractivity contribution in [3.8, 4) is 0 Å². The van der Waals surface area contributed by atoms with Gasteiger partial charge < -0.3 is 4.90 Å². The molecule has 2 heterocycles. The van der Waals surface area contributed by atoms with Crippen LogP contribution in [0.5, 0.6) is 0 Å². The van der Waals surface area contributed by atoms with Crippen LogP contribution in [0.25, 0.3) is 0 Å². The Bertz CT molecular complexity index is 455. The second-order valence-electron chi connectivity index (χ2n) is 5.57. The van der Waals surface area contributed by atoms with Crippen LogP contribution in [0.3, 0.4) is 0 Å². The highest BCUT2D eigenvalue weighted by molar-refractivity contribution is 7.17. The van der Waals surface area contributed by atoms with Gasteiger partial charge in [-0.15, -0.1) is 0 Å². The summed E-state index contributed by atoms with van der Waals surface area (Å²) in [5, 5.41) is 1.09. The second-order valence-corrected chi connectivity index (χ2v) is 6.55. The number of carbonyl (C=O) groups is 1. The van der Waals surface area contributed by atoms with Crippen molar-refractivity contribution in [3.05, 3.63) is 10.6 Å². The van der Waals surface area contributed by atoms with Crippen LogP contribution in [-0.2, 0) is 6.42 Å². The predicted molar refractivity (Wildman–Crippen MR) is 74.6 cm³/mol. The molecule has 1 fully saturated rings. The van der Waals surface area contributed by atoms with Gasteiger partial charge in [0, 0.05) is 19.5 Å². The minimum atomic E-state index is 0.309. The van der Waals surface area contributed by atoms with E-state index in [2.05, 4.69) is 11.8 Å². The van der Waals surface area contributed by atoms with Crippen LogP contribution in [0.1, 0.15) is 54.4 Å². The summed E-state index contributed by atoms with van der Waals surface area (Å²) in [7, 11) is 0. The molecular weight excluding hydrogens is 244 g/mol. The summed E-state index contributed by atoms with van der Waals surface area (Å²) < 4.78 is 0. The first-order valence-corrected chi connectivity index (χ1v) is 7.83.